The monoisotopic (exact) mass is 339 g/mol. The minimum atomic E-state index is -0.114. The predicted octanol–water partition coefficient (Wildman–Crippen LogP) is 3.55. The molecule has 1 atom stereocenters. The Morgan fingerprint density at radius 3 is 2.70 bits per heavy atom. The normalized spacial score (nSPS) is 12.7. The van der Waals surface area contributed by atoms with Gasteiger partial charge in [-0.1, -0.05) is 34.9 Å². The number of rotatable bonds is 5. The highest BCUT2D eigenvalue weighted by molar-refractivity contribution is 9.10. The summed E-state index contributed by atoms with van der Waals surface area (Å²) in [6.45, 7) is 6.18. The van der Waals surface area contributed by atoms with Crippen LogP contribution in [-0.2, 0) is 6.61 Å². The van der Waals surface area contributed by atoms with E-state index in [4.69, 9.17) is 15.0 Å². The molecule has 2 rings (SSSR count). The molecule has 6 heteroatoms. The number of benzene rings is 1. The molecule has 1 heterocycles. The van der Waals surface area contributed by atoms with Gasteiger partial charge in [0.1, 0.15) is 5.75 Å². The fraction of sp³-hybridized carbons (Fsp3) is 0.429. The first kappa shape index (κ1) is 15.0. The van der Waals surface area contributed by atoms with Crippen molar-refractivity contribution in [3.63, 3.8) is 0 Å². The number of hydrogen-bond donors (Lipinski definition) is 1. The first-order chi connectivity index (χ1) is 9.47. The number of nitrogens with zero attached hydrogens (tertiary/aromatic N) is 2. The Hall–Kier alpha value is -1.40. The molecule has 1 aromatic carbocycles. The summed E-state index contributed by atoms with van der Waals surface area (Å²) in [4.78, 5) is 4.27. The highest BCUT2D eigenvalue weighted by Crippen LogP contribution is 2.28. The van der Waals surface area contributed by atoms with Gasteiger partial charge in [0.2, 0.25) is 0 Å². The van der Waals surface area contributed by atoms with Crippen LogP contribution >= 0.6 is 15.9 Å². The Bertz CT molecular complexity index is 582. The molecule has 2 N–H and O–H groups in total. The van der Waals surface area contributed by atoms with Crippen molar-refractivity contribution in [2.24, 2.45) is 5.73 Å². The van der Waals surface area contributed by atoms with Crippen LogP contribution in [0.25, 0.3) is 0 Å². The van der Waals surface area contributed by atoms with Crippen LogP contribution in [0.4, 0.5) is 0 Å². The van der Waals surface area contributed by atoms with Gasteiger partial charge < -0.3 is 15.0 Å². The highest BCUT2D eigenvalue weighted by Gasteiger charge is 2.13. The van der Waals surface area contributed by atoms with Crippen LogP contribution in [0.3, 0.4) is 0 Å². The molecule has 0 fully saturated rings. The summed E-state index contributed by atoms with van der Waals surface area (Å²) in [5.41, 5.74) is 6.88. The zero-order valence-corrected chi connectivity index (χ0v) is 13.3. The van der Waals surface area contributed by atoms with E-state index in [0.717, 1.165) is 15.8 Å². The van der Waals surface area contributed by atoms with Crippen LogP contribution in [-0.4, -0.2) is 10.1 Å². The van der Waals surface area contributed by atoms with Crippen LogP contribution in [0.15, 0.2) is 27.2 Å². The second-order valence-electron chi connectivity index (χ2n) is 4.96. The van der Waals surface area contributed by atoms with Gasteiger partial charge in [0.05, 0.1) is 0 Å². The summed E-state index contributed by atoms with van der Waals surface area (Å²) in [7, 11) is 0. The molecule has 0 amide bonds. The molecule has 0 radical (unpaired) electrons. The summed E-state index contributed by atoms with van der Waals surface area (Å²) >= 11 is 3.43. The summed E-state index contributed by atoms with van der Waals surface area (Å²) in [6.07, 6.45) is 0. The number of nitrogens with two attached hydrogens (primary N) is 1. The molecular formula is C14H18BrN3O2. The topological polar surface area (TPSA) is 74.2 Å². The van der Waals surface area contributed by atoms with E-state index in [2.05, 4.69) is 26.1 Å². The second kappa shape index (κ2) is 6.37. The van der Waals surface area contributed by atoms with Crippen molar-refractivity contribution in [2.45, 2.75) is 39.3 Å². The number of hydrogen-bond acceptors (Lipinski definition) is 5. The zero-order valence-electron chi connectivity index (χ0n) is 11.8. The first-order valence-corrected chi connectivity index (χ1v) is 7.27. The quantitative estimate of drug-likeness (QED) is 0.901. The Morgan fingerprint density at radius 2 is 2.10 bits per heavy atom. The van der Waals surface area contributed by atoms with E-state index < -0.39 is 0 Å². The minimum absolute atomic E-state index is 0.114. The largest absolute Gasteiger partial charge is 0.483 e. The maximum Gasteiger partial charge on any atom is 0.264 e. The Balaban J connectivity index is 2.10. The van der Waals surface area contributed by atoms with Crippen molar-refractivity contribution in [1.29, 1.82) is 0 Å². The van der Waals surface area contributed by atoms with Gasteiger partial charge in [-0.25, -0.2) is 0 Å². The molecule has 0 aliphatic carbocycles. The van der Waals surface area contributed by atoms with Gasteiger partial charge in [-0.3, -0.25) is 0 Å². The van der Waals surface area contributed by atoms with E-state index >= 15 is 0 Å². The van der Waals surface area contributed by atoms with Crippen molar-refractivity contribution in [3.05, 3.63) is 40.0 Å². The third-order valence-corrected chi connectivity index (χ3v) is 3.31. The summed E-state index contributed by atoms with van der Waals surface area (Å²) in [5.74, 6) is 2.12. The van der Waals surface area contributed by atoms with Gasteiger partial charge in [-0.2, -0.15) is 4.98 Å². The maximum absolute atomic E-state index is 5.94. The fourth-order valence-corrected chi connectivity index (χ4v) is 2.09. The molecule has 2 aromatic rings. The van der Waals surface area contributed by atoms with Crippen LogP contribution in [0.5, 0.6) is 5.75 Å². The van der Waals surface area contributed by atoms with Gasteiger partial charge in [0, 0.05) is 22.0 Å². The maximum atomic E-state index is 5.94. The molecule has 108 valence electrons. The lowest BCUT2D eigenvalue weighted by Gasteiger charge is -2.13. The lowest BCUT2D eigenvalue weighted by Crippen LogP contribution is -2.08. The molecule has 0 saturated heterocycles. The van der Waals surface area contributed by atoms with Gasteiger partial charge in [-0.15, -0.1) is 0 Å². The van der Waals surface area contributed by atoms with E-state index in [9.17, 15) is 0 Å². The Kier molecular flexibility index (Phi) is 4.77. The van der Waals surface area contributed by atoms with E-state index in [-0.39, 0.29) is 18.6 Å². The zero-order chi connectivity index (χ0) is 14.7. The molecule has 0 saturated carbocycles. The summed E-state index contributed by atoms with van der Waals surface area (Å²) < 4.78 is 11.9. The van der Waals surface area contributed by atoms with Crippen molar-refractivity contribution in [2.75, 3.05) is 0 Å². The summed E-state index contributed by atoms with van der Waals surface area (Å²) in [6, 6.07) is 5.63. The molecule has 0 aliphatic heterocycles. The molecule has 0 unspecified atom stereocenters. The SMILES string of the molecule is CC(C)c1noc(COc2ccc(Br)cc2[C@H](C)N)n1. The van der Waals surface area contributed by atoms with Crippen molar-refractivity contribution in [1.82, 2.24) is 10.1 Å². The second-order valence-corrected chi connectivity index (χ2v) is 5.88. The van der Waals surface area contributed by atoms with Crippen LogP contribution in [0.2, 0.25) is 0 Å². The van der Waals surface area contributed by atoms with Crippen LogP contribution in [0.1, 0.15) is 50.0 Å². The van der Waals surface area contributed by atoms with Gasteiger partial charge in [-0.05, 0) is 25.1 Å². The molecule has 1 aromatic heterocycles. The smallest absolute Gasteiger partial charge is 0.264 e. The van der Waals surface area contributed by atoms with Crippen molar-refractivity contribution >= 4 is 15.9 Å². The number of ether oxygens (including phenoxy) is 1. The van der Waals surface area contributed by atoms with E-state index in [1.54, 1.807) is 0 Å². The molecule has 20 heavy (non-hydrogen) atoms. The van der Waals surface area contributed by atoms with E-state index in [1.807, 2.05) is 39.0 Å². The van der Waals surface area contributed by atoms with Crippen molar-refractivity contribution in [3.8, 4) is 5.75 Å². The third kappa shape index (κ3) is 3.58. The van der Waals surface area contributed by atoms with Crippen molar-refractivity contribution < 1.29 is 9.26 Å². The minimum Gasteiger partial charge on any atom is -0.483 e. The number of aromatic nitrogens is 2. The Morgan fingerprint density at radius 1 is 1.35 bits per heavy atom. The first-order valence-electron chi connectivity index (χ1n) is 6.47. The summed E-state index contributed by atoms with van der Waals surface area (Å²) in [5, 5.41) is 3.90. The molecular weight excluding hydrogens is 322 g/mol. The van der Waals surface area contributed by atoms with Gasteiger partial charge in [0.25, 0.3) is 5.89 Å². The number of halogens is 1. The fourth-order valence-electron chi connectivity index (χ4n) is 1.71. The van der Waals surface area contributed by atoms with E-state index in [1.165, 1.54) is 0 Å². The van der Waals surface area contributed by atoms with E-state index in [0.29, 0.717) is 11.7 Å². The molecule has 5 nitrogen and oxygen atoms in total. The van der Waals surface area contributed by atoms with Crippen LogP contribution in [0, 0.1) is 0 Å². The third-order valence-electron chi connectivity index (χ3n) is 2.81. The highest BCUT2D eigenvalue weighted by atomic mass is 79.9. The Labute approximate surface area is 126 Å². The standard InChI is InChI=1S/C14H18BrN3O2/c1-8(2)14-17-13(20-18-14)7-19-12-5-4-10(15)6-11(12)9(3)16/h4-6,8-9H,7,16H2,1-3H3/t9-/m0/s1. The average molecular weight is 340 g/mol. The van der Waals surface area contributed by atoms with Gasteiger partial charge >= 0.3 is 0 Å². The predicted molar refractivity (Wildman–Crippen MR) is 79.5 cm³/mol. The average Bonchev–Trinajstić information content (AvgIpc) is 2.86. The van der Waals surface area contributed by atoms with Gasteiger partial charge in [0.15, 0.2) is 12.4 Å². The molecule has 0 aliphatic rings. The van der Waals surface area contributed by atoms with Crippen LogP contribution < -0.4 is 10.5 Å². The molecule has 0 spiro atoms. The molecule has 0 bridgehead atoms. The lowest BCUT2D eigenvalue weighted by molar-refractivity contribution is 0.240. The lowest BCUT2D eigenvalue weighted by atomic mass is 10.1.